The summed E-state index contributed by atoms with van der Waals surface area (Å²) in [6.45, 7) is 2.71. The van der Waals surface area contributed by atoms with Gasteiger partial charge in [-0.15, -0.1) is 24.8 Å². The summed E-state index contributed by atoms with van der Waals surface area (Å²) >= 11 is 0. The zero-order valence-corrected chi connectivity index (χ0v) is 16.0. The molecule has 1 unspecified atom stereocenters. The van der Waals surface area contributed by atoms with E-state index in [1.165, 1.54) is 0 Å². The molecule has 0 aliphatic carbocycles. The Hall–Kier alpha value is -1.01. The first-order valence-corrected chi connectivity index (χ1v) is 8.04. The summed E-state index contributed by atoms with van der Waals surface area (Å²) in [4.78, 5) is 14.2. The molecule has 1 aromatic rings. The van der Waals surface area contributed by atoms with Crippen LogP contribution in [0.25, 0.3) is 0 Å². The van der Waals surface area contributed by atoms with Crippen LogP contribution in [-0.2, 0) is 4.79 Å². The van der Waals surface area contributed by atoms with E-state index >= 15 is 0 Å². The maximum atomic E-state index is 12.0. The summed E-state index contributed by atoms with van der Waals surface area (Å²) < 4.78 is 5.72. The van der Waals surface area contributed by atoms with Crippen LogP contribution in [0, 0.1) is 0 Å². The van der Waals surface area contributed by atoms with Gasteiger partial charge in [0.15, 0.2) is 0 Å². The molecule has 5 nitrogen and oxygen atoms in total. The second-order valence-electron chi connectivity index (χ2n) is 6.08. The quantitative estimate of drug-likeness (QED) is 0.683. The number of hydrogen-bond donors (Lipinski definition) is 2. The maximum absolute atomic E-state index is 12.0. The lowest BCUT2D eigenvalue weighted by Crippen LogP contribution is -2.27. The van der Waals surface area contributed by atoms with Crippen LogP contribution in [0.2, 0.25) is 0 Å². The fourth-order valence-electron chi connectivity index (χ4n) is 2.60. The third-order valence-electron chi connectivity index (χ3n) is 3.73. The number of hydrogen-bond acceptors (Lipinski definition) is 4. The molecule has 1 fully saturated rings. The van der Waals surface area contributed by atoms with Crippen LogP contribution < -0.4 is 15.4 Å². The maximum Gasteiger partial charge on any atom is 0.225 e. The highest BCUT2D eigenvalue weighted by Gasteiger charge is 2.17. The minimum absolute atomic E-state index is 0. The van der Waals surface area contributed by atoms with Gasteiger partial charge in [0.2, 0.25) is 5.91 Å². The van der Waals surface area contributed by atoms with Crippen molar-refractivity contribution in [3.8, 4) is 5.75 Å². The van der Waals surface area contributed by atoms with Gasteiger partial charge in [-0.25, -0.2) is 0 Å². The molecule has 138 valence electrons. The molecule has 24 heavy (non-hydrogen) atoms. The number of rotatable bonds is 8. The van der Waals surface area contributed by atoms with Crippen molar-refractivity contribution >= 4 is 36.4 Å². The van der Waals surface area contributed by atoms with Crippen LogP contribution in [-0.4, -0.2) is 50.6 Å². The van der Waals surface area contributed by atoms with Gasteiger partial charge < -0.3 is 20.3 Å². The smallest absolute Gasteiger partial charge is 0.225 e. The molecular formula is C17H29Cl2N3O2. The molecular weight excluding hydrogens is 349 g/mol. The summed E-state index contributed by atoms with van der Waals surface area (Å²) in [7, 11) is 4.10. The van der Waals surface area contributed by atoms with Crippen LogP contribution in [0.15, 0.2) is 24.3 Å². The van der Waals surface area contributed by atoms with Crippen molar-refractivity contribution in [3.63, 3.8) is 0 Å². The molecule has 1 aliphatic heterocycles. The topological polar surface area (TPSA) is 53.6 Å². The molecule has 7 heteroatoms. The molecule has 1 aromatic carbocycles. The molecule has 0 radical (unpaired) electrons. The van der Waals surface area contributed by atoms with Crippen molar-refractivity contribution in [2.75, 3.05) is 39.1 Å². The highest BCUT2D eigenvalue weighted by molar-refractivity contribution is 5.91. The van der Waals surface area contributed by atoms with E-state index in [1.54, 1.807) is 0 Å². The molecule has 1 saturated heterocycles. The Balaban J connectivity index is 0.00000264. The lowest BCUT2D eigenvalue weighted by Gasteiger charge is -2.12. The second kappa shape index (κ2) is 12.4. The largest absolute Gasteiger partial charge is 0.493 e. The fraction of sp³-hybridized carbons (Fsp3) is 0.588. The standard InChI is InChI=1S/C17H27N3O2.2ClH/c1-20(2)10-5-11-22-16-8-3-6-15(12-16)19-17(21)13-14-7-4-9-18-14;;/h3,6,8,12,14,18H,4-5,7,9-11,13H2,1-2H3,(H,19,21);2*1H. The van der Waals surface area contributed by atoms with Gasteiger partial charge in [0.05, 0.1) is 6.61 Å². The van der Waals surface area contributed by atoms with Crippen molar-refractivity contribution in [3.05, 3.63) is 24.3 Å². The first-order valence-electron chi connectivity index (χ1n) is 8.04. The average molecular weight is 378 g/mol. The first-order chi connectivity index (χ1) is 10.6. The number of carbonyl (C=O) groups is 1. The van der Waals surface area contributed by atoms with Gasteiger partial charge in [0, 0.05) is 30.8 Å². The third kappa shape index (κ3) is 8.73. The number of anilines is 1. The van der Waals surface area contributed by atoms with Crippen molar-refractivity contribution in [2.24, 2.45) is 0 Å². The normalized spacial score (nSPS) is 16.2. The van der Waals surface area contributed by atoms with Gasteiger partial charge in [0.1, 0.15) is 5.75 Å². The Morgan fingerprint density at radius 2 is 2.17 bits per heavy atom. The molecule has 0 aromatic heterocycles. The lowest BCUT2D eigenvalue weighted by molar-refractivity contribution is -0.116. The zero-order valence-electron chi connectivity index (χ0n) is 14.4. The van der Waals surface area contributed by atoms with Gasteiger partial charge in [-0.2, -0.15) is 0 Å². The lowest BCUT2D eigenvalue weighted by atomic mass is 10.1. The first kappa shape index (κ1) is 23.0. The molecule has 2 N–H and O–H groups in total. The number of nitrogens with zero attached hydrogens (tertiary/aromatic N) is 1. The fourth-order valence-corrected chi connectivity index (χ4v) is 2.60. The molecule has 0 spiro atoms. The Kier molecular flexibility index (Phi) is 11.8. The van der Waals surface area contributed by atoms with Crippen molar-refractivity contribution < 1.29 is 9.53 Å². The molecule has 1 heterocycles. The summed E-state index contributed by atoms with van der Waals surface area (Å²) in [5.74, 6) is 0.861. The van der Waals surface area contributed by atoms with Gasteiger partial charge in [0.25, 0.3) is 0 Å². The Morgan fingerprint density at radius 3 is 2.83 bits per heavy atom. The predicted octanol–water partition coefficient (Wildman–Crippen LogP) is 2.94. The van der Waals surface area contributed by atoms with E-state index in [0.717, 1.165) is 43.8 Å². The van der Waals surface area contributed by atoms with E-state index in [9.17, 15) is 4.79 Å². The van der Waals surface area contributed by atoms with Crippen LogP contribution in [0.4, 0.5) is 5.69 Å². The number of benzene rings is 1. The average Bonchev–Trinajstić information content (AvgIpc) is 2.96. The van der Waals surface area contributed by atoms with E-state index in [1.807, 2.05) is 24.3 Å². The van der Waals surface area contributed by atoms with E-state index in [4.69, 9.17) is 4.74 Å². The Labute approximate surface area is 157 Å². The minimum atomic E-state index is 0. The number of amides is 1. The SMILES string of the molecule is CN(C)CCCOc1cccc(NC(=O)CC2CCCN2)c1.Cl.Cl. The van der Waals surface area contributed by atoms with Crippen LogP contribution >= 0.6 is 24.8 Å². The van der Waals surface area contributed by atoms with E-state index in [0.29, 0.717) is 19.1 Å². The van der Waals surface area contributed by atoms with Crippen molar-refractivity contribution in [1.29, 1.82) is 0 Å². The van der Waals surface area contributed by atoms with E-state index < -0.39 is 0 Å². The second-order valence-corrected chi connectivity index (χ2v) is 6.08. The van der Waals surface area contributed by atoms with Crippen LogP contribution in [0.1, 0.15) is 25.7 Å². The molecule has 1 amide bonds. The van der Waals surface area contributed by atoms with Gasteiger partial charge in [-0.05, 0) is 52.0 Å². The minimum Gasteiger partial charge on any atom is -0.493 e. The van der Waals surface area contributed by atoms with E-state index in [2.05, 4.69) is 29.6 Å². The van der Waals surface area contributed by atoms with Gasteiger partial charge in [-0.3, -0.25) is 4.79 Å². The molecule has 2 rings (SSSR count). The zero-order chi connectivity index (χ0) is 15.8. The number of halogens is 2. The monoisotopic (exact) mass is 377 g/mol. The molecule has 0 saturated carbocycles. The van der Waals surface area contributed by atoms with Crippen LogP contribution in [0.3, 0.4) is 0 Å². The number of nitrogens with one attached hydrogen (secondary N) is 2. The molecule has 1 aliphatic rings. The van der Waals surface area contributed by atoms with Crippen LogP contribution in [0.5, 0.6) is 5.75 Å². The Bertz CT molecular complexity index is 481. The van der Waals surface area contributed by atoms with Crippen molar-refractivity contribution in [2.45, 2.75) is 31.7 Å². The van der Waals surface area contributed by atoms with Gasteiger partial charge in [-0.1, -0.05) is 6.07 Å². The molecule has 1 atom stereocenters. The molecule has 0 bridgehead atoms. The van der Waals surface area contributed by atoms with E-state index in [-0.39, 0.29) is 30.7 Å². The highest BCUT2D eigenvalue weighted by atomic mass is 35.5. The number of ether oxygens (including phenoxy) is 1. The Morgan fingerprint density at radius 1 is 1.38 bits per heavy atom. The highest BCUT2D eigenvalue weighted by Crippen LogP contribution is 2.18. The van der Waals surface area contributed by atoms with Gasteiger partial charge >= 0.3 is 0 Å². The number of carbonyl (C=O) groups excluding carboxylic acids is 1. The summed E-state index contributed by atoms with van der Waals surface area (Å²) in [5.41, 5.74) is 0.799. The summed E-state index contributed by atoms with van der Waals surface area (Å²) in [6, 6.07) is 7.93. The summed E-state index contributed by atoms with van der Waals surface area (Å²) in [5, 5.41) is 6.29. The summed E-state index contributed by atoms with van der Waals surface area (Å²) in [6.07, 6.45) is 3.77. The third-order valence-corrected chi connectivity index (χ3v) is 3.73. The van der Waals surface area contributed by atoms with Crippen molar-refractivity contribution in [1.82, 2.24) is 10.2 Å². The predicted molar refractivity (Wildman–Crippen MR) is 104 cm³/mol.